The largest absolute Gasteiger partial charge is 0.488 e. The molecule has 208 valence electrons. The number of ether oxygens (including phenoxy) is 2. The third-order valence-electron chi connectivity index (χ3n) is 5.69. The zero-order chi connectivity index (χ0) is 29.1. The van der Waals surface area contributed by atoms with E-state index in [1.807, 2.05) is 0 Å². The maximum Gasteiger partial charge on any atom is 0.434 e. The predicted molar refractivity (Wildman–Crippen MR) is 144 cm³/mol. The van der Waals surface area contributed by atoms with Gasteiger partial charge in [-0.3, -0.25) is 0 Å². The number of benzene rings is 2. The summed E-state index contributed by atoms with van der Waals surface area (Å²) in [7, 11) is 0. The van der Waals surface area contributed by atoms with E-state index in [0.717, 1.165) is 5.56 Å². The van der Waals surface area contributed by atoms with Crippen molar-refractivity contribution < 1.29 is 32.5 Å². The second kappa shape index (κ2) is 11.5. The van der Waals surface area contributed by atoms with Crippen LogP contribution in [0.4, 0.5) is 13.2 Å². The molecule has 13 heteroatoms. The van der Waals surface area contributed by atoms with E-state index in [1.54, 1.807) is 66.9 Å². The molecule has 0 aliphatic rings. The highest BCUT2D eigenvalue weighted by Crippen LogP contribution is 2.35. The summed E-state index contributed by atoms with van der Waals surface area (Å²) in [5.41, 5.74) is -0.896. The van der Waals surface area contributed by atoms with Crippen LogP contribution in [-0.2, 0) is 12.8 Å². The van der Waals surface area contributed by atoms with Gasteiger partial charge in [0, 0.05) is 29.5 Å². The first-order chi connectivity index (χ1) is 19.6. The number of para-hydroxylation sites is 1. The van der Waals surface area contributed by atoms with Gasteiger partial charge in [0.05, 0.1) is 21.9 Å². The Morgan fingerprint density at radius 3 is 2.46 bits per heavy atom. The van der Waals surface area contributed by atoms with E-state index in [-0.39, 0.29) is 12.4 Å². The van der Waals surface area contributed by atoms with Crippen LogP contribution in [0.2, 0.25) is 10.0 Å². The van der Waals surface area contributed by atoms with Gasteiger partial charge in [-0.1, -0.05) is 41.4 Å². The molecule has 5 rings (SSSR count). The van der Waals surface area contributed by atoms with Crippen LogP contribution >= 0.6 is 23.2 Å². The molecule has 0 aliphatic heterocycles. The molecule has 0 spiro atoms. The van der Waals surface area contributed by atoms with E-state index < -0.39 is 23.4 Å². The molecule has 3 heterocycles. The summed E-state index contributed by atoms with van der Waals surface area (Å²) >= 11 is 11.9. The number of halogens is 5. The Morgan fingerprint density at radius 2 is 1.76 bits per heavy atom. The number of carboxylic acid groups (broad SMARTS) is 1. The average Bonchev–Trinajstić information content (AvgIpc) is 3.42. The molecule has 0 atom stereocenters. The van der Waals surface area contributed by atoms with Crippen LogP contribution in [0.25, 0.3) is 17.1 Å². The van der Waals surface area contributed by atoms with Gasteiger partial charge in [0.2, 0.25) is 5.88 Å². The maximum absolute atomic E-state index is 13.7. The first kappa shape index (κ1) is 27.9. The van der Waals surface area contributed by atoms with E-state index in [2.05, 4.69) is 15.1 Å². The van der Waals surface area contributed by atoms with Crippen LogP contribution in [0.1, 0.15) is 21.6 Å². The minimum absolute atomic E-state index is 0.121. The fraction of sp³-hybridized carbons (Fsp3) is 0.0714. The van der Waals surface area contributed by atoms with Crippen LogP contribution in [0.3, 0.4) is 0 Å². The minimum Gasteiger partial charge on any atom is -0.488 e. The lowest BCUT2D eigenvalue weighted by molar-refractivity contribution is -0.143. The fourth-order valence-corrected chi connectivity index (χ4v) is 4.11. The molecule has 0 bridgehead atoms. The number of hydrogen-bond acceptors (Lipinski definition) is 6. The van der Waals surface area contributed by atoms with Crippen molar-refractivity contribution >= 4 is 29.2 Å². The number of rotatable bonds is 8. The lowest BCUT2D eigenvalue weighted by Gasteiger charge is -2.14. The standard InChI is InChI=1S/C28H17Cl2F3N4O4/c29-20-10-9-17(12-21(20)30)41-25-11-8-16(13-34-25)15-40-23-6-2-1-4-18(23)22-5-3-7-24(36-22)37-26(28(31,32)33)19(14-35-37)27(38)39/h1-14H,15H2,(H,38,39). The number of aromatic carboxylic acids is 1. The molecule has 0 aliphatic carbocycles. The minimum atomic E-state index is -4.97. The van der Waals surface area contributed by atoms with E-state index in [4.69, 9.17) is 32.7 Å². The molecule has 0 unspecified atom stereocenters. The lowest BCUT2D eigenvalue weighted by atomic mass is 10.1. The van der Waals surface area contributed by atoms with Gasteiger partial charge in [-0.25, -0.2) is 19.4 Å². The summed E-state index contributed by atoms with van der Waals surface area (Å²) in [4.78, 5) is 19.9. The first-order valence-corrected chi connectivity index (χ1v) is 12.5. The summed E-state index contributed by atoms with van der Waals surface area (Å²) in [6.07, 6.45) is -2.75. The Kier molecular flexibility index (Phi) is 7.82. The Labute approximate surface area is 240 Å². The Hall–Kier alpha value is -4.61. The number of alkyl halides is 3. The molecule has 0 saturated carbocycles. The predicted octanol–water partition coefficient (Wildman–Crippen LogP) is 7.72. The smallest absolute Gasteiger partial charge is 0.434 e. The molecule has 0 radical (unpaired) electrons. The van der Waals surface area contributed by atoms with Crippen molar-refractivity contribution in [1.29, 1.82) is 0 Å². The molecule has 0 saturated heterocycles. The highest BCUT2D eigenvalue weighted by Gasteiger charge is 2.41. The maximum atomic E-state index is 13.7. The van der Waals surface area contributed by atoms with Crippen LogP contribution in [-0.4, -0.2) is 30.8 Å². The molecule has 0 amide bonds. The van der Waals surface area contributed by atoms with Crippen LogP contribution in [0.15, 0.2) is 85.2 Å². The lowest BCUT2D eigenvalue weighted by Crippen LogP contribution is -2.18. The number of carbonyl (C=O) groups is 1. The first-order valence-electron chi connectivity index (χ1n) is 11.8. The van der Waals surface area contributed by atoms with E-state index in [1.165, 1.54) is 12.1 Å². The van der Waals surface area contributed by atoms with E-state index in [9.17, 15) is 23.1 Å². The van der Waals surface area contributed by atoms with E-state index in [0.29, 0.717) is 49.6 Å². The third kappa shape index (κ3) is 6.26. The molecule has 3 aromatic heterocycles. The summed E-state index contributed by atoms with van der Waals surface area (Å²) in [6, 6.07) is 19.5. The summed E-state index contributed by atoms with van der Waals surface area (Å²) < 4.78 is 53.3. The molecule has 1 N–H and O–H groups in total. The van der Waals surface area contributed by atoms with Crippen molar-refractivity contribution in [3.63, 3.8) is 0 Å². The van der Waals surface area contributed by atoms with Crippen molar-refractivity contribution in [3.05, 3.63) is 112 Å². The number of nitrogens with zero attached hydrogens (tertiary/aromatic N) is 4. The molecule has 2 aromatic carbocycles. The molecular weight excluding hydrogens is 584 g/mol. The third-order valence-corrected chi connectivity index (χ3v) is 6.43. The van der Waals surface area contributed by atoms with Gasteiger partial charge in [-0.15, -0.1) is 0 Å². The molecule has 5 aromatic rings. The second-order valence-corrected chi connectivity index (χ2v) is 9.28. The SMILES string of the molecule is O=C(O)c1cnn(-c2cccc(-c3ccccc3OCc3ccc(Oc4ccc(Cl)c(Cl)c4)nc3)n2)c1C(F)(F)F. The van der Waals surface area contributed by atoms with Gasteiger partial charge >= 0.3 is 12.1 Å². The Morgan fingerprint density at radius 1 is 0.951 bits per heavy atom. The number of aromatic nitrogens is 4. The normalized spacial score (nSPS) is 11.3. The quantitative estimate of drug-likeness (QED) is 0.194. The second-order valence-electron chi connectivity index (χ2n) is 8.47. The van der Waals surface area contributed by atoms with Crippen molar-refractivity contribution in [2.45, 2.75) is 12.8 Å². The number of pyridine rings is 2. The highest BCUT2D eigenvalue weighted by molar-refractivity contribution is 6.42. The van der Waals surface area contributed by atoms with Gasteiger partial charge in [-0.2, -0.15) is 18.3 Å². The molecule has 0 fully saturated rings. The zero-order valence-electron chi connectivity index (χ0n) is 20.6. The molecular formula is C28H17Cl2F3N4O4. The van der Waals surface area contributed by atoms with Crippen molar-refractivity contribution in [1.82, 2.24) is 19.7 Å². The topological polar surface area (TPSA) is 99.4 Å². The van der Waals surface area contributed by atoms with Gasteiger partial charge in [-0.05, 0) is 42.5 Å². The van der Waals surface area contributed by atoms with Gasteiger partial charge in [0.15, 0.2) is 11.5 Å². The summed E-state index contributed by atoms with van der Waals surface area (Å²) in [6.45, 7) is 0.121. The molecule has 41 heavy (non-hydrogen) atoms. The number of carboxylic acids is 1. The van der Waals surface area contributed by atoms with Crippen molar-refractivity contribution in [3.8, 4) is 34.5 Å². The molecule has 8 nitrogen and oxygen atoms in total. The monoisotopic (exact) mass is 600 g/mol. The Balaban J connectivity index is 1.35. The van der Waals surface area contributed by atoms with Crippen molar-refractivity contribution in [2.24, 2.45) is 0 Å². The summed E-state index contributed by atoms with van der Waals surface area (Å²) in [5.74, 6) is -0.746. The van der Waals surface area contributed by atoms with E-state index >= 15 is 0 Å². The zero-order valence-corrected chi connectivity index (χ0v) is 22.2. The highest BCUT2D eigenvalue weighted by atomic mass is 35.5. The van der Waals surface area contributed by atoms with Gasteiger partial charge in [0.1, 0.15) is 23.7 Å². The number of hydrogen-bond donors (Lipinski definition) is 1. The van der Waals surface area contributed by atoms with Crippen molar-refractivity contribution in [2.75, 3.05) is 0 Å². The average molecular weight is 601 g/mol. The van der Waals surface area contributed by atoms with Gasteiger partial charge < -0.3 is 14.6 Å². The van der Waals surface area contributed by atoms with Crippen LogP contribution in [0, 0.1) is 0 Å². The summed E-state index contributed by atoms with van der Waals surface area (Å²) in [5, 5.41) is 13.6. The van der Waals surface area contributed by atoms with Crippen LogP contribution in [0.5, 0.6) is 17.4 Å². The van der Waals surface area contributed by atoms with Gasteiger partial charge in [0.25, 0.3) is 0 Å². The van der Waals surface area contributed by atoms with Crippen LogP contribution < -0.4 is 9.47 Å². The Bertz CT molecular complexity index is 1730. The fourth-order valence-electron chi connectivity index (χ4n) is 3.83.